The minimum absolute atomic E-state index is 0.103. The van der Waals surface area contributed by atoms with Crippen LogP contribution < -0.4 is 0 Å². The number of hydrogen-bond donors (Lipinski definition) is 1. The van der Waals surface area contributed by atoms with Crippen molar-refractivity contribution in [3.05, 3.63) is 0 Å². The van der Waals surface area contributed by atoms with Crippen LogP contribution >= 0.6 is 0 Å². The first-order valence-corrected chi connectivity index (χ1v) is 4.65. The molecule has 0 bridgehead atoms. The predicted octanol–water partition coefficient (Wildman–Crippen LogP) is 1.55. The quantitative estimate of drug-likeness (QED) is 0.603. The van der Waals surface area contributed by atoms with Crippen LogP contribution in [0.2, 0.25) is 12.6 Å². The Kier molecular flexibility index (Phi) is 3.20. The van der Waals surface area contributed by atoms with E-state index in [1.807, 2.05) is 0 Å². The molecule has 0 amide bonds. The standard InChI is InChI=1S/C4H8F3OSi/c1-9(8)3-2-4(5,6)7/h8H,2-3H2,1H3/q-1. The Morgan fingerprint density at radius 3 is 2.00 bits per heavy atom. The maximum absolute atomic E-state index is 11.3. The second-order valence-corrected chi connectivity index (χ2v) is 3.82. The Morgan fingerprint density at radius 2 is 1.89 bits per heavy atom. The highest BCUT2D eigenvalue weighted by atomic mass is 28.3. The van der Waals surface area contributed by atoms with Crippen LogP contribution in [0.4, 0.5) is 13.2 Å². The maximum atomic E-state index is 11.3. The van der Waals surface area contributed by atoms with Crippen molar-refractivity contribution >= 4 is 9.04 Å². The van der Waals surface area contributed by atoms with E-state index in [2.05, 4.69) is 0 Å². The van der Waals surface area contributed by atoms with Gasteiger partial charge in [-0.05, 0) is 0 Å². The molecule has 0 spiro atoms. The molecule has 0 heterocycles. The summed E-state index contributed by atoms with van der Waals surface area (Å²) in [5, 5.41) is 0. The molecule has 5 heteroatoms. The molecule has 0 aromatic heterocycles. The molecule has 0 aromatic carbocycles. The normalized spacial score (nSPS) is 12.7. The highest BCUT2D eigenvalue weighted by molar-refractivity contribution is 6.48. The first-order chi connectivity index (χ1) is 3.92. The minimum Gasteiger partial charge on any atom is -0.601 e. The van der Waals surface area contributed by atoms with Crippen molar-refractivity contribution in [1.29, 1.82) is 0 Å². The maximum Gasteiger partial charge on any atom is 0.386 e. The predicted molar refractivity (Wildman–Crippen MR) is 29.3 cm³/mol. The van der Waals surface area contributed by atoms with Crippen molar-refractivity contribution in [2.24, 2.45) is 0 Å². The molecule has 0 unspecified atom stereocenters. The highest BCUT2D eigenvalue weighted by Gasteiger charge is 2.24. The topological polar surface area (TPSA) is 20.2 Å². The van der Waals surface area contributed by atoms with E-state index < -0.39 is 21.6 Å². The summed E-state index contributed by atoms with van der Waals surface area (Å²) >= 11 is 0. The number of halogens is 3. The number of hydrogen-bond acceptors (Lipinski definition) is 1. The lowest BCUT2D eigenvalue weighted by molar-refractivity contribution is -0.130. The second-order valence-electron chi connectivity index (χ2n) is 1.85. The molecular formula is C4H8F3OSi-. The monoisotopic (exact) mass is 157 g/mol. The van der Waals surface area contributed by atoms with Gasteiger partial charge in [-0.1, -0.05) is 0 Å². The largest absolute Gasteiger partial charge is 0.601 e. The zero-order valence-electron chi connectivity index (χ0n) is 5.00. The fraction of sp³-hybridized carbons (Fsp3) is 1.00. The van der Waals surface area contributed by atoms with Gasteiger partial charge in [0.15, 0.2) is 0 Å². The molecule has 56 valence electrons. The van der Waals surface area contributed by atoms with E-state index in [9.17, 15) is 13.2 Å². The van der Waals surface area contributed by atoms with Crippen LogP contribution in [0.5, 0.6) is 0 Å². The van der Waals surface area contributed by atoms with E-state index >= 15 is 0 Å². The van der Waals surface area contributed by atoms with Crippen LogP contribution in [0, 0.1) is 0 Å². The zero-order valence-corrected chi connectivity index (χ0v) is 6.00. The van der Waals surface area contributed by atoms with Crippen molar-refractivity contribution in [2.45, 2.75) is 25.2 Å². The van der Waals surface area contributed by atoms with E-state index in [4.69, 9.17) is 4.80 Å². The van der Waals surface area contributed by atoms with E-state index in [-0.39, 0.29) is 6.04 Å². The first kappa shape index (κ1) is 8.97. The van der Waals surface area contributed by atoms with Gasteiger partial charge in [-0.25, -0.2) is 0 Å². The lowest BCUT2D eigenvalue weighted by Gasteiger charge is -2.15. The molecule has 0 aliphatic heterocycles. The number of rotatable bonds is 2. The van der Waals surface area contributed by atoms with Gasteiger partial charge < -0.3 is 4.80 Å². The molecule has 1 nitrogen and oxygen atoms in total. The van der Waals surface area contributed by atoms with Crippen molar-refractivity contribution in [2.75, 3.05) is 0 Å². The average Bonchev–Trinajstić information content (AvgIpc) is 1.59. The van der Waals surface area contributed by atoms with Gasteiger partial charge in [-0.3, -0.25) is 0 Å². The third-order valence-electron chi connectivity index (χ3n) is 0.770. The van der Waals surface area contributed by atoms with Gasteiger partial charge in [0, 0.05) is 6.42 Å². The van der Waals surface area contributed by atoms with Crippen LogP contribution in [0.25, 0.3) is 0 Å². The van der Waals surface area contributed by atoms with E-state index in [1.165, 1.54) is 6.55 Å². The van der Waals surface area contributed by atoms with E-state index in [0.717, 1.165) is 0 Å². The van der Waals surface area contributed by atoms with Gasteiger partial charge in [-0.15, -0.1) is 15.1 Å². The fourth-order valence-electron chi connectivity index (χ4n) is 0.323. The van der Waals surface area contributed by atoms with Crippen LogP contribution in [0.15, 0.2) is 0 Å². The summed E-state index contributed by atoms with van der Waals surface area (Å²) in [7, 11) is -1.69. The molecule has 0 radical (unpaired) electrons. The van der Waals surface area contributed by atoms with E-state index in [0.29, 0.717) is 0 Å². The average molecular weight is 157 g/mol. The van der Waals surface area contributed by atoms with Crippen molar-refractivity contribution in [1.82, 2.24) is 0 Å². The molecule has 0 aromatic rings. The smallest absolute Gasteiger partial charge is 0.386 e. The summed E-state index contributed by atoms with van der Waals surface area (Å²) in [5.41, 5.74) is 0. The molecule has 0 rings (SSSR count). The van der Waals surface area contributed by atoms with Gasteiger partial charge in [0.2, 0.25) is 0 Å². The molecule has 0 atom stereocenters. The highest BCUT2D eigenvalue weighted by Crippen LogP contribution is 2.21. The van der Waals surface area contributed by atoms with E-state index in [1.54, 1.807) is 0 Å². The summed E-state index contributed by atoms with van der Waals surface area (Å²) in [6.45, 7) is 1.44. The SMILES string of the molecule is C[Si-](O)CCC(F)(F)F. The van der Waals surface area contributed by atoms with Crippen LogP contribution in [0.1, 0.15) is 6.42 Å². The van der Waals surface area contributed by atoms with Gasteiger partial charge in [0.25, 0.3) is 0 Å². The van der Waals surface area contributed by atoms with Gasteiger partial charge in [0.1, 0.15) is 0 Å². The van der Waals surface area contributed by atoms with Gasteiger partial charge >= 0.3 is 6.18 Å². The molecule has 0 aliphatic carbocycles. The van der Waals surface area contributed by atoms with Crippen molar-refractivity contribution in [3.8, 4) is 0 Å². The first-order valence-electron chi connectivity index (χ1n) is 2.50. The molecule has 1 N–H and O–H groups in total. The molecule has 0 saturated carbocycles. The van der Waals surface area contributed by atoms with Crippen LogP contribution in [-0.2, 0) is 0 Å². The lowest BCUT2D eigenvalue weighted by atomic mass is 10.5. The fourth-order valence-corrected chi connectivity index (χ4v) is 0.968. The number of alkyl halides is 3. The Bertz CT molecular complexity index is 80.4. The third-order valence-corrected chi connectivity index (χ3v) is 1.74. The molecule has 0 fully saturated rings. The molecule has 0 aliphatic rings. The molecular weight excluding hydrogens is 149 g/mol. The summed E-state index contributed by atoms with van der Waals surface area (Å²) in [4.78, 5) is 8.52. The summed E-state index contributed by atoms with van der Waals surface area (Å²) < 4.78 is 34.0. The Balaban J connectivity index is 3.28. The van der Waals surface area contributed by atoms with Gasteiger partial charge in [-0.2, -0.15) is 19.7 Å². The zero-order chi connectivity index (χ0) is 7.49. The Hall–Kier alpha value is -0.0331. The van der Waals surface area contributed by atoms with Crippen LogP contribution in [0.3, 0.4) is 0 Å². The molecule has 0 saturated heterocycles. The van der Waals surface area contributed by atoms with Crippen molar-refractivity contribution < 1.29 is 18.0 Å². The third kappa shape index (κ3) is 7.97. The van der Waals surface area contributed by atoms with Crippen LogP contribution in [-0.4, -0.2) is 20.0 Å². The van der Waals surface area contributed by atoms with Gasteiger partial charge in [0.05, 0.1) is 0 Å². The summed E-state index contributed by atoms with van der Waals surface area (Å²) in [6, 6.07) is -0.103. The lowest BCUT2D eigenvalue weighted by Crippen LogP contribution is -2.13. The molecule has 9 heavy (non-hydrogen) atoms. The Morgan fingerprint density at radius 1 is 1.44 bits per heavy atom. The summed E-state index contributed by atoms with van der Waals surface area (Å²) in [5.74, 6) is 0. The second kappa shape index (κ2) is 3.22. The van der Waals surface area contributed by atoms with Crippen molar-refractivity contribution in [3.63, 3.8) is 0 Å². The summed E-state index contributed by atoms with van der Waals surface area (Å²) in [6.07, 6.45) is -4.96. The Labute approximate surface area is 53.2 Å². The minimum atomic E-state index is -4.10.